The zero-order valence-corrected chi connectivity index (χ0v) is 23.6. The van der Waals surface area contributed by atoms with E-state index < -0.39 is 0 Å². The van der Waals surface area contributed by atoms with Gasteiger partial charge in [-0.05, 0) is 67.5 Å². The minimum atomic E-state index is -0.157. The molecule has 39 heavy (non-hydrogen) atoms. The molecular formula is C30H38ClN5O3. The number of nitrogen functional groups attached to an aromatic ring is 1. The molecule has 0 spiro atoms. The predicted molar refractivity (Wildman–Crippen MR) is 157 cm³/mol. The molecule has 0 unspecified atom stereocenters. The van der Waals surface area contributed by atoms with Crippen molar-refractivity contribution in [1.82, 2.24) is 19.9 Å². The number of phenolic OH excluding ortho intramolecular Hbond substituents is 1. The van der Waals surface area contributed by atoms with Crippen LogP contribution in [0, 0.1) is 6.92 Å². The molecular weight excluding hydrogens is 514 g/mol. The summed E-state index contributed by atoms with van der Waals surface area (Å²) in [5.74, 6) is 1.57. The lowest BCUT2D eigenvalue weighted by Crippen LogP contribution is -2.26. The summed E-state index contributed by atoms with van der Waals surface area (Å²) in [5.41, 5.74) is 12.2. The van der Waals surface area contributed by atoms with E-state index in [-0.39, 0.29) is 11.8 Å². The van der Waals surface area contributed by atoms with Crippen LogP contribution in [0.3, 0.4) is 0 Å². The number of hydrogen-bond acceptors (Lipinski definition) is 6. The molecule has 208 valence electrons. The number of pyridine rings is 1. The number of rotatable bonds is 14. The summed E-state index contributed by atoms with van der Waals surface area (Å²) in [7, 11) is 0. The van der Waals surface area contributed by atoms with Gasteiger partial charge in [0, 0.05) is 38.1 Å². The molecule has 0 aliphatic rings. The SMILES string of the molecule is CCCCc1nc2c(N)nc3ccc(CCCOCCCNC(=O)CCl)cc3c2n1Cc1ccc(O)c(C)c1. The molecule has 0 bridgehead atoms. The van der Waals surface area contributed by atoms with Crippen LogP contribution in [0.25, 0.3) is 21.9 Å². The largest absolute Gasteiger partial charge is 0.508 e. The summed E-state index contributed by atoms with van der Waals surface area (Å²) in [5, 5.41) is 13.8. The molecule has 0 saturated heterocycles. The van der Waals surface area contributed by atoms with Crippen molar-refractivity contribution in [2.24, 2.45) is 0 Å². The second-order valence-corrected chi connectivity index (χ2v) is 10.2. The number of aryl methyl sites for hydroxylation is 3. The minimum absolute atomic E-state index is 0.0155. The molecule has 2 aromatic carbocycles. The fourth-order valence-electron chi connectivity index (χ4n) is 4.78. The third kappa shape index (κ3) is 7.19. The maximum atomic E-state index is 11.2. The summed E-state index contributed by atoms with van der Waals surface area (Å²) >= 11 is 5.48. The monoisotopic (exact) mass is 551 g/mol. The molecule has 0 aliphatic carbocycles. The van der Waals surface area contributed by atoms with E-state index in [0.717, 1.165) is 77.4 Å². The maximum absolute atomic E-state index is 11.2. The van der Waals surface area contributed by atoms with Crippen LogP contribution >= 0.6 is 11.6 Å². The summed E-state index contributed by atoms with van der Waals surface area (Å²) in [6.45, 7) is 6.54. The van der Waals surface area contributed by atoms with Gasteiger partial charge in [-0.15, -0.1) is 11.6 Å². The van der Waals surface area contributed by atoms with Gasteiger partial charge in [0.25, 0.3) is 0 Å². The Hall–Kier alpha value is -3.36. The number of aromatic hydroxyl groups is 1. The average Bonchev–Trinajstić information content (AvgIpc) is 3.29. The molecule has 8 nitrogen and oxygen atoms in total. The first-order valence-electron chi connectivity index (χ1n) is 13.7. The van der Waals surface area contributed by atoms with Crippen LogP contribution < -0.4 is 11.1 Å². The minimum Gasteiger partial charge on any atom is -0.508 e. The number of phenols is 1. The highest BCUT2D eigenvalue weighted by Crippen LogP contribution is 2.31. The second-order valence-electron chi connectivity index (χ2n) is 9.94. The molecule has 0 saturated carbocycles. The molecule has 1 amide bonds. The number of ether oxygens (including phenoxy) is 1. The number of amides is 1. The van der Waals surface area contributed by atoms with Gasteiger partial charge in [-0.2, -0.15) is 0 Å². The first-order valence-corrected chi connectivity index (χ1v) is 14.2. The summed E-state index contributed by atoms with van der Waals surface area (Å²) in [6, 6.07) is 12.1. The Labute approximate surface area is 234 Å². The van der Waals surface area contributed by atoms with Crippen molar-refractivity contribution in [3.05, 3.63) is 58.9 Å². The van der Waals surface area contributed by atoms with Crippen molar-refractivity contribution < 1.29 is 14.6 Å². The standard InChI is InChI=1S/C30H38ClN5O3/c1-3-4-8-26-35-28-29(36(26)19-22-10-12-25(37)20(2)16-22)23-17-21(9-11-24(23)34-30(28)32)7-5-14-39-15-6-13-33-27(38)18-31/h9-12,16-17,37H,3-8,13-15,18-19H2,1-2H3,(H2,32,34)(H,33,38). The number of aromatic nitrogens is 3. The van der Waals surface area contributed by atoms with Crippen LogP contribution in [0.2, 0.25) is 0 Å². The van der Waals surface area contributed by atoms with Crippen LogP contribution in [0.1, 0.15) is 55.1 Å². The van der Waals surface area contributed by atoms with E-state index in [9.17, 15) is 9.90 Å². The van der Waals surface area contributed by atoms with Gasteiger partial charge in [0.15, 0.2) is 5.82 Å². The number of hydrogen-bond donors (Lipinski definition) is 3. The van der Waals surface area contributed by atoms with Gasteiger partial charge in [-0.3, -0.25) is 4.79 Å². The molecule has 4 N–H and O–H groups in total. The quantitative estimate of drug-likeness (QED) is 0.145. The number of anilines is 1. The second kappa shape index (κ2) is 13.6. The number of unbranched alkanes of at least 4 members (excludes halogenated alkanes) is 1. The van der Waals surface area contributed by atoms with Gasteiger partial charge in [0.2, 0.25) is 5.91 Å². The third-order valence-electron chi connectivity index (χ3n) is 6.87. The number of nitrogens with one attached hydrogen (secondary N) is 1. The molecule has 0 aliphatic heterocycles. The van der Waals surface area contributed by atoms with Gasteiger partial charge < -0.3 is 25.5 Å². The average molecular weight is 552 g/mol. The first kappa shape index (κ1) is 28.6. The first-order chi connectivity index (χ1) is 18.9. The van der Waals surface area contributed by atoms with Crippen molar-refractivity contribution in [2.45, 2.75) is 58.9 Å². The number of carbonyl (C=O) groups excluding carboxylic acids is 1. The number of nitrogens with zero attached hydrogens (tertiary/aromatic N) is 3. The summed E-state index contributed by atoms with van der Waals surface area (Å²) < 4.78 is 8.01. The lowest BCUT2D eigenvalue weighted by Gasteiger charge is -2.13. The number of halogens is 1. The fourth-order valence-corrected chi connectivity index (χ4v) is 4.88. The molecule has 4 rings (SSSR count). The van der Waals surface area contributed by atoms with Gasteiger partial charge in [-0.1, -0.05) is 31.5 Å². The smallest absolute Gasteiger partial charge is 0.234 e. The Balaban J connectivity index is 1.56. The topological polar surface area (TPSA) is 115 Å². The molecule has 2 heterocycles. The molecule has 9 heteroatoms. The Kier molecular flexibility index (Phi) is 10.0. The van der Waals surface area contributed by atoms with Crippen molar-refractivity contribution in [1.29, 1.82) is 0 Å². The van der Waals surface area contributed by atoms with E-state index in [0.29, 0.717) is 37.9 Å². The van der Waals surface area contributed by atoms with Crippen LogP contribution in [-0.4, -0.2) is 51.2 Å². The Bertz CT molecular complexity index is 1440. The van der Waals surface area contributed by atoms with Crippen molar-refractivity contribution in [3.8, 4) is 5.75 Å². The van der Waals surface area contributed by atoms with E-state index in [4.69, 9.17) is 27.1 Å². The van der Waals surface area contributed by atoms with Gasteiger partial charge >= 0.3 is 0 Å². The highest BCUT2D eigenvalue weighted by molar-refractivity contribution is 6.27. The number of benzene rings is 2. The van der Waals surface area contributed by atoms with Gasteiger partial charge in [0.05, 0.1) is 11.0 Å². The highest BCUT2D eigenvalue weighted by Gasteiger charge is 2.18. The fraction of sp³-hybridized carbons (Fsp3) is 0.433. The zero-order valence-electron chi connectivity index (χ0n) is 22.8. The van der Waals surface area contributed by atoms with Gasteiger partial charge in [-0.25, -0.2) is 9.97 Å². The Morgan fingerprint density at radius 2 is 1.87 bits per heavy atom. The molecule has 4 aromatic rings. The third-order valence-corrected chi connectivity index (χ3v) is 7.11. The summed E-state index contributed by atoms with van der Waals surface area (Å²) in [6.07, 6.45) is 5.49. The number of nitrogens with two attached hydrogens (primary N) is 1. The van der Waals surface area contributed by atoms with E-state index in [1.807, 2.05) is 25.1 Å². The van der Waals surface area contributed by atoms with Crippen molar-refractivity contribution in [3.63, 3.8) is 0 Å². The van der Waals surface area contributed by atoms with E-state index in [1.54, 1.807) is 6.07 Å². The Morgan fingerprint density at radius 1 is 1.08 bits per heavy atom. The molecule has 2 aromatic heterocycles. The lowest BCUT2D eigenvalue weighted by atomic mass is 10.1. The van der Waals surface area contributed by atoms with Gasteiger partial charge in [0.1, 0.15) is 23.0 Å². The van der Waals surface area contributed by atoms with Crippen LogP contribution in [-0.2, 0) is 28.9 Å². The van der Waals surface area contributed by atoms with Crippen LogP contribution in [0.5, 0.6) is 5.75 Å². The Morgan fingerprint density at radius 3 is 2.64 bits per heavy atom. The lowest BCUT2D eigenvalue weighted by molar-refractivity contribution is -0.118. The predicted octanol–water partition coefficient (Wildman–Crippen LogP) is 5.27. The molecule has 0 atom stereocenters. The number of alkyl halides is 1. The number of imidazole rings is 1. The van der Waals surface area contributed by atoms with Crippen LogP contribution in [0.15, 0.2) is 36.4 Å². The summed E-state index contributed by atoms with van der Waals surface area (Å²) in [4.78, 5) is 20.8. The van der Waals surface area contributed by atoms with Crippen molar-refractivity contribution >= 4 is 45.3 Å². The normalized spacial score (nSPS) is 11.5. The number of carbonyl (C=O) groups is 1. The molecule has 0 radical (unpaired) electrons. The zero-order chi connectivity index (χ0) is 27.8. The van der Waals surface area contributed by atoms with E-state index in [2.05, 4.69) is 33.9 Å². The van der Waals surface area contributed by atoms with Crippen molar-refractivity contribution in [2.75, 3.05) is 31.4 Å². The van der Waals surface area contributed by atoms with Crippen LogP contribution in [0.4, 0.5) is 5.82 Å². The maximum Gasteiger partial charge on any atom is 0.234 e. The highest BCUT2D eigenvalue weighted by atomic mass is 35.5. The van der Waals surface area contributed by atoms with E-state index >= 15 is 0 Å². The van der Waals surface area contributed by atoms with E-state index in [1.165, 1.54) is 5.56 Å². The molecule has 0 fully saturated rings. The number of fused-ring (bicyclic) bond motifs is 3.